The Morgan fingerprint density at radius 1 is 1.00 bits per heavy atom. The van der Waals surface area contributed by atoms with Gasteiger partial charge in [-0.2, -0.15) is 4.98 Å². The molecule has 0 aliphatic carbocycles. The maximum absolute atomic E-state index is 13.4. The fourth-order valence-corrected chi connectivity index (χ4v) is 7.88. The molecular formula is C34H45N9O16P2. The smallest absolute Gasteiger partial charge is 0.461 e. The SMILES string of the molecule is Cc1ccccc1COC(=O)CCCC[C@H](N)C(=O)O[C@H]1[C@@H](O)[C@H](n2cnc3c(N)ncnc32)O[C@@H]1COP(=O)(O)O[C@H]1C[C@H](n2ccc(N)nc2=O)O[C@@H]1COP(=O)(O)O. The molecule has 1 aromatic carbocycles. The van der Waals surface area contributed by atoms with E-state index >= 15 is 0 Å². The zero-order chi connectivity index (χ0) is 44.1. The quantitative estimate of drug-likeness (QED) is 0.0377. The van der Waals surface area contributed by atoms with E-state index < -0.39 is 95.5 Å². The van der Waals surface area contributed by atoms with Crippen LogP contribution in [0, 0.1) is 6.92 Å². The maximum atomic E-state index is 13.4. The normalized spacial score (nSPS) is 24.4. The van der Waals surface area contributed by atoms with E-state index in [1.54, 1.807) is 0 Å². The number of phosphoric ester groups is 2. The number of rotatable bonds is 19. The lowest BCUT2D eigenvalue weighted by molar-refractivity contribution is -0.158. The average Bonchev–Trinajstić information content (AvgIpc) is 3.89. The van der Waals surface area contributed by atoms with Gasteiger partial charge in [0.2, 0.25) is 0 Å². The Bertz CT molecular complexity index is 2350. The number of aliphatic hydroxyl groups excluding tert-OH is 1. The first-order valence-electron chi connectivity index (χ1n) is 18.7. The number of hydrogen-bond donors (Lipinski definition) is 7. The summed E-state index contributed by atoms with van der Waals surface area (Å²) >= 11 is 0. The third kappa shape index (κ3) is 11.8. The molecule has 0 bridgehead atoms. The highest BCUT2D eigenvalue weighted by Gasteiger charge is 2.50. The molecule has 3 aromatic heterocycles. The highest BCUT2D eigenvalue weighted by atomic mass is 31.2. The number of hydrogen-bond acceptors (Lipinski definition) is 20. The Kier molecular flexibility index (Phi) is 14.7. The predicted octanol–water partition coefficient (Wildman–Crippen LogP) is 0.256. The predicted molar refractivity (Wildman–Crippen MR) is 207 cm³/mol. The van der Waals surface area contributed by atoms with Gasteiger partial charge in [-0.25, -0.2) is 28.9 Å². The number of unbranched alkanes of at least 4 members (excludes halogenated alkanes) is 1. The van der Waals surface area contributed by atoms with Gasteiger partial charge in [-0.15, -0.1) is 0 Å². The van der Waals surface area contributed by atoms with Gasteiger partial charge in [0.25, 0.3) is 0 Å². The number of aromatic nitrogens is 6. The number of nitrogen functional groups attached to an aromatic ring is 2. The number of aliphatic hydroxyl groups is 1. The van der Waals surface area contributed by atoms with Crippen LogP contribution in [0.15, 0.2) is 54.0 Å². The van der Waals surface area contributed by atoms with Crippen LogP contribution in [0.5, 0.6) is 0 Å². The Hall–Kier alpha value is -4.75. The minimum Gasteiger partial charge on any atom is -0.461 e. The molecule has 2 aliphatic rings. The molecule has 332 valence electrons. The number of phosphoric acid groups is 2. The van der Waals surface area contributed by atoms with E-state index in [9.17, 15) is 43.3 Å². The van der Waals surface area contributed by atoms with Crippen LogP contribution >= 0.6 is 15.6 Å². The molecule has 2 aliphatic heterocycles. The molecule has 0 saturated carbocycles. The van der Waals surface area contributed by atoms with Gasteiger partial charge in [0.1, 0.15) is 61.0 Å². The highest BCUT2D eigenvalue weighted by Crippen LogP contribution is 2.50. The number of esters is 2. The van der Waals surface area contributed by atoms with Gasteiger partial charge in [-0.3, -0.25) is 32.3 Å². The molecular weight excluding hydrogens is 852 g/mol. The molecule has 5 heterocycles. The summed E-state index contributed by atoms with van der Waals surface area (Å²) in [6.45, 7) is 0.331. The number of imidazole rings is 1. The molecule has 6 rings (SSSR count). The van der Waals surface area contributed by atoms with Crippen LogP contribution in [0.2, 0.25) is 0 Å². The third-order valence-corrected chi connectivity index (χ3v) is 11.2. The lowest BCUT2D eigenvalue weighted by Crippen LogP contribution is -2.43. The Balaban J connectivity index is 1.11. The lowest BCUT2D eigenvalue weighted by atomic mass is 10.1. The summed E-state index contributed by atoms with van der Waals surface area (Å²) < 4.78 is 65.0. The standard InChI is InChI=1S/C34H45N9O16P2/c1-18-6-2-3-7-19(18)13-53-26(44)9-5-4-8-20(35)33(46)58-29-23(57-32(28(29)45)43-17-40-27-30(37)38-16-39-31(27)43)15-55-61(51,52)59-21-12-25(42-11-10-24(36)41-34(42)47)56-22(21)14-54-60(48,49)50/h2-3,6-7,10-11,16-17,20-23,25,28-29,32,45H,4-5,8-9,12-15,35H2,1H3,(H,51,52)(H2,36,41,47)(H2,37,38,39)(H2,48,49,50)/t20-,21-,22+,23+,25+,28+,29+,32+/m0/s1. The summed E-state index contributed by atoms with van der Waals surface area (Å²) in [7, 11) is -10.2. The van der Waals surface area contributed by atoms with Crippen molar-refractivity contribution in [3.63, 3.8) is 0 Å². The number of aryl methyl sites for hydroxylation is 1. The summed E-state index contributed by atoms with van der Waals surface area (Å²) in [5, 5.41) is 11.5. The van der Waals surface area contributed by atoms with Crippen molar-refractivity contribution < 1.29 is 71.0 Å². The van der Waals surface area contributed by atoms with Crippen LogP contribution in [0.1, 0.15) is 55.7 Å². The first-order chi connectivity index (χ1) is 28.9. The van der Waals surface area contributed by atoms with Gasteiger partial charge in [0.15, 0.2) is 23.8 Å². The first kappa shape index (κ1) is 45.8. The van der Waals surface area contributed by atoms with Crippen molar-refractivity contribution in [2.75, 3.05) is 24.7 Å². The van der Waals surface area contributed by atoms with Crippen molar-refractivity contribution in [3.05, 3.63) is 70.8 Å². The molecule has 10 N–H and O–H groups in total. The zero-order valence-corrected chi connectivity index (χ0v) is 34.2. The average molecular weight is 898 g/mol. The van der Waals surface area contributed by atoms with Crippen molar-refractivity contribution in [2.45, 2.75) is 94.7 Å². The summed E-state index contributed by atoms with van der Waals surface area (Å²) in [6, 6.07) is 7.54. The van der Waals surface area contributed by atoms with E-state index in [1.165, 1.54) is 23.2 Å². The van der Waals surface area contributed by atoms with Crippen LogP contribution in [0.25, 0.3) is 11.2 Å². The number of nitrogens with two attached hydrogens (primary N) is 3. The topological polar surface area (TPSA) is 370 Å². The molecule has 27 heteroatoms. The second-order valence-electron chi connectivity index (χ2n) is 14.1. The summed E-state index contributed by atoms with van der Waals surface area (Å²) in [4.78, 5) is 83.3. The summed E-state index contributed by atoms with van der Waals surface area (Å²) in [5.74, 6) is -1.48. The van der Waals surface area contributed by atoms with Crippen LogP contribution in [0.3, 0.4) is 0 Å². The Morgan fingerprint density at radius 2 is 1.75 bits per heavy atom. The minimum absolute atomic E-state index is 0.0168. The molecule has 25 nitrogen and oxygen atoms in total. The van der Waals surface area contributed by atoms with Gasteiger partial charge in [-0.1, -0.05) is 30.7 Å². The van der Waals surface area contributed by atoms with E-state index in [4.69, 9.17) is 45.2 Å². The molecule has 2 saturated heterocycles. The number of benzene rings is 1. The van der Waals surface area contributed by atoms with Gasteiger partial charge in [-0.05, 0) is 37.0 Å². The maximum Gasteiger partial charge on any atom is 0.472 e. The van der Waals surface area contributed by atoms with E-state index in [2.05, 4.69) is 24.5 Å². The highest BCUT2D eigenvalue weighted by molar-refractivity contribution is 7.47. The molecule has 0 amide bonds. The molecule has 1 unspecified atom stereocenters. The van der Waals surface area contributed by atoms with Crippen molar-refractivity contribution in [1.29, 1.82) is 0 Å². The number of ether oxygens (including phenoxy) is 4. The number of anilines is 2. The van der Waals surface area contributed by atoms with E-state index in [-0.39, 0.29) is 48.7 Å². The third-order valence-electron chi connectivity index (χ3n) is 9.74. The Morgan fingerprint density at radius 3 is 2.49 bits per heavy atom. The lowest BCUT2D eigenvalue weighted by Gasteiger charge is -2.24. The van der Waals surface area contributed by atoms with Gasteiger partial charge in [0.05, 0.1) is 19.5 Å². The summed E-state index contributed by atoms with van der Waals surface area (Å²) in [6.07, 6.45) is -6.10. The molecule has 61 heavy (non-hydrogen) atoms. The number of carbonyl (C=O) groups excluding carboxylic acids is 2. The van der Waals surface area contributed by atoms with Crippen LogP contribution < -0.4 is 22.9 Å². The Labute approximate surface area is 345 Å². The molecule has 9 atom stereocenters. The van der Waals surface area contributed by atoms with Crippen LogP contribution in [-0.4, -0.2) is 111 Å². The first-order valence-corrected chi connectivity index (χ1v) is 21.7. The zero-order valence-electron chi connectivity index (χ0n) is 32.4. The molecule has 0 radical (unpaired) electrons. The van der Waals surface area contributed by atoms with E-state index in [0.29, 0.717) is 12.8 Å². The number of fused-ring (bicyclic) bond motifs is 1. The molecule has 4 aromatic rings. The van der Waals surface area contributed by atoms with E-state index in [0.717, 1.165) is 22.0 Å². The van der Waals surface area contributed by atoms with Gasteiger partial charge < -0.3 is 55.9 Å². The van der Waals surface area contributed by atoms with Crippen molar-refractivity contribution in [3.8, 4) is 0 Å². The molecule has 2 fully saturated rings. The number of nitrogens with zero attached hydrogens (tertiary/aromatic N) is 6. The largest absolute Gasteiger partial charge is 0.472 e. The summed E-state index contributed by atoms with van der Waals surface area (Å²) in [5.41, 5.74) is 18.9. The van der Waals surface area contributed by atoms with Crippen molar-refractivity contribution in [1.82, 2.24) is 29.1 Å². The van der Waals surface area contributed by atoms with Crippen LogP contribution in [-0.2, 0) is 57.8 Å². The fraction of sp³-hybridized carbons (Fsp3) is 0.500. The number of carbonyl (C=O) groups is 2. The van der Waals surface area contributed by atoms with Crippen molar-refractivity contribution >= 4 is 50.4 Å². The fourth-order valence-electron chi connectivity index (χ4n) is 6.58. The molecule has 0 spiro atoms. The van der Waals surface area contributed by atoms with Gasteiger partial charge in [0, 0.05) is 19.0 Å². The van der Waals surface area contributed by atoms with Crippen LogP contribution in [0.4, 0.5) is 11.6 Å². The van der Waals surface area contributed by atoms with E-state index in [1.807, 2.05) is 31.2 Å². The van der Waals surface area contributed by atoms with Crippen molar-refractivity contribution in [2.24, 2.45) is 5.73 Å². The monoisotopic (exact) mass is 897 g/mol. The minimum atomic E-state index is -5.18. The second-order valence-corrected chi connectivity index (χ2v) is 16.7. The second kappa shape index (κ2) is 19.5. The van der Waals surface area contributed by atoms with Gasteiger partial charge >= 0.3 is 33.3 Å².